The van der Waals surface area contributed by atoms with Crippen LogP contribution >= 0.6 is 15.9 Å². The van der Waals surface area contributed by atoms with Crippen molar-refractivity contribution < 1.29 is 19.1 Å². The third-order valence-electron chi connectivity index (χ3n) is 3.87. The zero-order chi connectivity index (χ0) is 21.5. The predicted molar refractivity (Wildman–Crippen MR) is 115 cm³/mol. The highest BCUT2D eigenvalue weighted by Crippen LogP contribution is 2.23. The van der Waals surface area contributed by atoms with Gasteiger partial charge in [-0.25, -0.2) is 14.5 Å². The summed E-state index contributed by atoms with van der Waals surface area (Å²) in [7, 11) is 0. The minimum Gasteiger partial charge on any atom is -0.443 e. The van der Waals surface area contributed by atoms with Crippen LogP contribution in [0.15, 0.2) is 22.7 Å². The average molecular weight is 455 g/mol. The fraction of sp³-hybridized carbons (Fsp3) is 0.571. The largest absolute Gasteiger partial charge is 0.443 e. The molecule has 1 rings (SSSR count). The molecule has 0 atom stereocenters. The van der Waals surface area contributed by atoms with E-state index in [1.165, 1.54) is 0 Å². The summed E-state index contributed by atoms with van der Waals surface area (Å²) in [5.74, 6) is 0.365. The minimum atomic E-state index is -0.714. The number of halogens is 1. The number of hydrogen-bond donors (Lipinski definition) is 1. The normalized spacial score (nSPS) is 11.3. The Morgan fingerprint density at radius 3 is 2.39 bits per heavy atom. The summed E-state index contributed by atoms with van der Waals surface area (Å²) in [4.78, 5) is 38.7. The van der Waals surface area contributed by atoms with Crippen molar-refractivity contribution >= 4 is 39.5 Å². The molecule has 0 saturated carbocycles. The lowest BCUT2D eigenvalue weighted by atomic mass is 10.1. The summed E-state index contributed by atoms with van der Waals surface area (Å²) in [6.07, 6.45) is 1.16. The summed E-state index contributed by atoms with van der Waals surface area (Å²) >= 11 is 3.34. The molecule has 0 radical (unpaired) electrons. The Kier molecular flexibility index (Phi) is 9.14. The number of Topliss-reactive ketones (excluding diaryl/α,β-unsaturated/α-hetero) is 1. The smallest absolute Gasteiger partial charge is 0.418 e. The molecule has 6 nitrogen and oxygen atoms in total. The first kappa shape index (κ1) is 24.1. The van der Waals surface area contributed by atoms with Crippen LogP contribution in [0.25, 0.3) is 0 Å². The van der Waals surface area contributed by atoms with Crippen LogP contribution in [0.3, 0.4) is 0 Å². The van der Waals surface area contributed by atoms with E-state index in [4.69, 9.17) is 4.74 Å². The van der Waals surface area contributed by atoms with E-state index in [2.05, 4.69) is 35.1 Å². The topological polar surface area (TPSA) is 75.7 Å². The molecule has 0 saturated heterocycles. The quantitative estimate of drug-likeness (QED) is 0.494. The van der Waals surface area contributed by atoms with E-state index < -0.39 is 17.7 Å². The number of hydrogen-bond acceptors (Lipinski definition) is 4. The highest BCUT2D eigenvalue weighted by Gasteiger charge is 2.28. The van der Waals surface area contributed by atoms with Crippen molar-refractivity contribution in [2.75, 3.05) is 11.9 Å². The number of nitrogens with zero attached hydrogens (tertiary/aromatic N) is 1. The van der Waals surface area contributed by atoms with Gasteiger partial charge in [-0.15, -0.1) is 0 Å². The number of carbonyl (C=O) groups is 3. The maximum absolute atomic E-state index is 12.9. The van der Waals surface area contributed by atoms with Crippen molar-refractivity contribution in [2.45, 2.75) is 66.4 Å². The lowest BCUT2D eigenvalue weighted by Gasteiger charge is -2.26. The lowest BCUT2D eigenvalue weighted by Crippen LogP contribution is -2.43. The number of ketones is 1. The van der Waals surface area contributed by atoms with Gasteiger partial charge in [0.05, 0.1) is 5.69 Å². The first-order valence-electron chi connectivity index (χ1n) is 9.58. The molecular formula is C21H31BrN2O4. The number of imide groups is 1. The van der Waals surface area contributed by atoms with Crippen LogP contribution in [0.1, 0.15) is 71.2 Å². The second kappa shape index (κ2) is 10.6. The van der Waals surface area contributed by atoms with Gasteiger partial charge in [0.25, 0.3) is 0 Å². The maximum Gasteiger partial charge on any atom is 0.418 e. The molecule has 0 aromatic heterocycles. The number of rotatable bonds is 7. The zero-order valence-corrected chi connectivity index (χ0v) is 19.2. The zero-order valence-electron chi connectivity index (χ0n) is 17.6. The van der Waals surface area contributed by atoms with Gasteiger partial charge in [0, 0.05) is 23.0 Å². The summed E-state index contributed by atoms with van der Waals surface area (Å²) in [5, 5.41) is 2.70. The molecule has 28 heavy (non-hydrogen) atoms. The summed E-state index contributed by atoms with van der Waals surface area (Å²) < 4.78 is 6.13. The van der Waals surface area contributed by atoms with Crippen molar-refractivity contribution in [3.8, 4) is 0 Å². The van der Waals surface area contributed by atoms with Crippen LogP contribution in [0, 0.1) is 5.92 Å². The van der Waals surface area contributed by atoms with Crippen LogP contribution in [-0.4, -0.2) is 35.0 Å². The molecule has 0 spiro atoms. The maximum atomic E-state index is 12.9. The first-order valence-corrected chi connectivity index (χ1v) is 10.4. The van der Waals surface area contributed by atoms with E-state index in [1.54, 1.807) is 45.9 Å². The molecule has 0 bridgehead atoms. The van der Waals surface area contributed by atoms with Crippen LogP contribution in [0.4, 0.5) is 15.3 Å². The van der Waals surface area contributed by atoms with E-state index in [0.29, 0.717) is 30.0 Å². The van der Waals surface area contributed by atoms with Gasteiger partial charge >= 0.3 is 12.1 Å². The standard InChI is InChI=1S/C21H31BrN2O4/c1-7-18(25)16-13-15(22)10-11-17(16)23-19(26)24(12-8-9-14(2)3)20(27)28-21(4,5)6/h10-11,13-14H,7-9,12H2,1-6H3,(H,23,26). The molecule has 7 heteroatoms. The Morgan fingerprint density at radius 1 is 1.21 bits per heavy atom. The molecule has 0 aliphatic rings. The van der Waals surface area contributed by atoms with Crippen molar-refractivity contribution in [2.24, 2.45) is 5.92 Å². The van der Waals surface area contributed by atoms with E-state index in [-0.39, 0.29) is 12.3 Å². The molecule has 0 aliphatic carbocycles. The molecule has 0 heterocycles. The van der Waals surface area contributed by atoms with Gasteiger partial charge in [0.1, 0.15) is 5.60 Å². The summed E-state index contributed by atoms with van der Waals surface area (Å²) in [6.45, 7) is 11.4. The summed E-state index contributed by atoms with van der Waals surface area (Å²) in [5.41, 5.74) is 0.0586. The highest BCUT2D eigenvalue weighted by atomic mass is 79.9. The number of anilines is 1. The molecule has 0 aliphatic heterocycles. The van der Waals surface area contributed by atoms with Crippen molar-refractivity contribution in [1.29, 1.82) is 0 Å². The SMILES string of the molecule is CCC(=O)c1cc(Br)ccc1NC(=O)N(CCCC(C)C)C(=O)OC(C)(C)C. The van der Waals surface area contributed by atoms with Gasteiger partial charge < -0.3 is 10.1 Å². The van der Waals surface area contributed by atoms with E-state index in [0.717, 1.165) is 15.8 Å². The molecular weight excluding hydrogens is 424 g/mol. The third kappa shape index (κ3) is 8.00. The van der Waals surface area contributed by atoms with Gasteiger partial charge in [-0.05, 0) is 57.7 Å². The Balaban J connectivity index is 3.05. The fourth-order valence-corrected chi connectivity index (χ4v) is 2.84. The van der Waals surface area contributed by atoms with Crippen LogP contribution in [-0.2, 0) is 4.74 Å². The molecule has 1 aromatic carbocycles. The Bertz CT molecular complexity index is 711. The number of urea groups is 1. The predicted octanol–water partition coefficient (Wildman–Crippen LogP) is 6.25. The van der Waals surface area contributed by atoms with Crippen LogP contribution in [0.2, 0.25) is 0 Å². The second-order valence-corrected chi connectivity index (χ2v) is 8.98. The molecule has 0 fully saturated rings. The van der Waals surface area contributed by atoms with Crippen molar-refractivity contribution in [3.05, 3.63) is 28.2 Å². The molecule has 1 N–H and O–H groups in total. The molecule has 1 aromatic rings. The van der Waals surface area contributed by atoms with Crippen LogP contribution < -0.4 is 5.32 Å². The van der Waals surface area contributed by atoms with Crippen molar-refractivity contribution in [3.63, 3.8) is 0 Å². The Hall–Kier alpha value is -1.89. The van der Waals surface area contributed by atoms with Crippen molar-refractivity contribution in [1.82, 2.24) is 4.90 Å². The van der Waals surface area contributed by atoms with Gasteiger partial charge in [-0.3, -0.25) is 4.79 Å². The number of ether oxygens (including phenoxy) is 1. The molecule has 0 unspecified atom stereocenters. The van der Waals surface area contributed by atoms with E-state index in [1.807, 2.05) is 0 Å². The van der Waals surface area contributed by atoms with Crippen LogP contribution in [0.5, 0.6) is 0 Å². The number of nitrogens with one attached hydrogen (secondary N) is 1. The number of amides is 3. The third-order valence-corrected chi connectivity index (χ3v) is 4.36. The van der Waals surface area contributed by atoms with Gasteiger partial charge in [-0.1, -0.05) is 36.7 Å². The first-order chi connectivity index (χ1) is 12.9. The average Bonchev–Trinajstić information content (AvgIpc) is 2.57. The minimum absolute atomic E-state index is 0.0970. The second-order valence-electron chi connectivity index (χ2n) is 8.06. The monoisotopic (exact) mass is 454 g/mol. The highest BCUT2D eigenvalue weighted by molar-refractivity contribution is 9.10. The molecule has 156 valence electrons. The number of benzene rings is 1. The van der Waals surface area contributed by atoms with E-state index in [9.17, 15) is 14.4 Å². The number of carbonyl (C=O) groups excluding carboxylic acids is 3. The van der Waals surface area contributed by atoms with Gasteiger partial charge in [0.2, 0.25) is 0 Å². The Morgan fingerprint density at radius 2 is 1.86 bits per heavy atom. The van der Waals surface area contributed by atoms with Gasteiger partial charge in [-0.2, -0.15) is 0 Å². The molecule has 3 amide bonds. The Labute approximate surface area is 176 Å². The van der Waals surface area contributed by atoms with Gasteiger partial charge in [0.15, 0.2) is 5.78 Å². The fourth-order valence-electron chi connectivity index (χ4n) is 2.48. The lowest BCUT2D eigenvalue weighted by molar-refractivity contribution is 0.0329. The summed E-state index contributed by atoms with van der Waals surface area (Å²) in [6, 6.07) is 4.44. The van der Waals surface area contributed by atoms with E-state index >= 15 is 0 Å².